The van der Waals surface area contributed by atoms with Crippen LogP contribution >= 0.6 is 0 Å². The van der Waals surface area contributed by atoms with Crippen molar-refractivity contribution < 1.29 is 14.2 Å². The van der Waals surface area contributed by atoms with Crippen LogP contribution in [0.5, 0.6) is 17.2 Å². The van der Waals surface area contributed by atoms with Gasteiger partial charge in [-0.25, -0.2) is 0 Å². The van der Waals surface area contributed by atoms with E-state index >= 15 is 0 Å². The largest absolute Gasteiger partial charge is 0.493 e. The summed E-state index contributed by atoms with van der Waals surface area (Å²) in [5, 5.41) is 1.25. The highest BCUT2D eigenvalue weighted by molar-refractivity contribution is 5.85. The number of benzene rings is 3. The van der Waals surface area contributed by atoms with Gasteiger partial charge in [0.05, 0.1) is 27.4 Å². The molecule has 0 amide bonds. The third-order valence-electron chi connectivity index (χ3n) is 7.24. The zero-order chi connectivity index (χ0) is 25.1. The first-order valence-electron chi connectivity index (χ1n) is 12.5. The summed E-state index contributed by atoms with van der Waals surface area (Å²) in [5.74, 6) is 1.97. The van der Waals surface area contributed by atoms with Gasteiger partial charge in [0, 0.05) is 54.9 Å². The predicted octanol–water partition coefficient (Wildman–Crippen LogP) is 5.41. The second-order valence-corrected chi connectivity index (χ2v) is 9.37. The number of fused-ring (bicyclic) bond motifs is 1. The van der Waals surface area contributed by atoms with E-state index in [1.807, 2.05) is 0 Å². The highest BCUT2D eigenvalue weighted by atomic mass is 16.5. The number of para-hydroxylation sites is 1. The van der Waals surface area contributed by atoms with E-state index in [4.69, 9.17) is 14.2 Å². The molecular formula is C30H35N3O3. The number of aromatic nitrogens is 1. The topological polar surface area (TPSA) is 50.0 Å². The lowest BCUT2D eigenvalue weighted by molar-refractivity contribution is 0.105. The molecule has 5 rings (SSSR count). The van der Waals surface area contributed by atoms with Gasteiger partial charge in [0.2, 0.25) is 5.75 Å². The summed E-state index contributed by atoms with van der Waals surface area (Å²) < 4.78 is 17.1. The monoisotopic (exact) mass is 485 g/mol. The fraction of sp³-hybridized carbons (Fsp3) is 0.333. The molecule has 0 radical (unpaired) electrons. The number of aromatic amines is 1. The van der Waals surface area contributed by atoms with Crippen LogP contribution in [0.15, 0.2) is 66.7 Å². The maximum atomic E-state index is 5.74. The molecule has 1 unspecified atom stereocenters. The molecule has 188 valence electrons. The minimum absolute atomic E-state index is 0.0498. The first-order chi connectivity index (χ1) is 17.6. The molecule has 1 atom stereocenters. The zero-order valence-corrected chi connectivity index (χ0v) is 21.6. The van der Waals surface area contributed by atoms with Crippen molar-refractivity contribution in [1.82, 2.24) is 14.8 Å². The van der Waals surface area contributed by atoms with Gasteiger partial charge in [0.25, 0.3) is 0 Å². The van der Waals surface area contributed by atoms with Crippen LogP contribution in [0.4, 0.5) is 0 Å². The van der Waals surface area contributed by atoms with E-state index in [1.54, 1.807) is 21.3 Å². The average molecular weight is 486 g/mol. The number of nitrogens with zero attached hydrogens (tertiary/aromatic N) is 2. The van der Waals surface area contributed by atoms with Gasteiger partial charge in [0.1, 0.15) is 0 Å². The fourth-order valence-corrected chi connectivity index (χ4v) is 5.49. The van der Waals surface area contributed by atoms with E-state index in [1.165, 1.54) is 22.2 Å². The lowest BCUT2D eigenvalue weighted by Gasteiger charge is -2.40. The SMILES string of the molecule is COc1cc(C(c2c(C)[nH]c3ccccc23)N2CCN(Cc3ccccc3)CC2)cc(OC)c1OC. The first kappa shape index (κ1) is 24.2. The van der Waals surface area contributed by atoms with Crippen molar-refractivity contribution in [2.24, 2.45) is 0 Å². The summed E-state index contributed by atoms with van der Waals surface area (Å²) in [6.07, 6.45) is 0. The summed E-state index contributed by atoms with van der Waals surface area (Å²) in [5.41, 5.74) is 6.14. The molecule has 1 aromatic heterocycles. The number of nitrogens with one attached hydrogen (secondary N) is 1. The van der Waals surface area contributed by atoms with Crippen molar-refractivity contribution in [3.8, 4) is 17.2 Å². The second kappa shape index (κ2) is 10.6. The summed E-state index contributed by atoms with van der Waals surface area (Å²) in [4.78, 5) is 8.74. The lowest BCUT2D eigenvalue weighted by Crippen LogP contribution is -2.47. The van der Waals surface area contributed by atoms with E-state index in [0.29, 0.717) is 17.2 Å². The van der Waals surface area contributed by atoms with Crippen LogP contribution in [0, 0.1) is 6.92 Å². The zero-order valence-electron chi connectivity index (χ0n) is 21.6. The Labute approximate surface area is 213 Å². The summed E-state index contributed by atoms with van der Waals surface area (Å²) in [7, 11) is 5.00. The number of ether oxygens (including phenoxy) is 3. The molecule has 4 aromatic rings. The Bertz CT molecular complexity index is 1280. The highest BCUT2D eigenvalue weighted by Crippen LogP contribution is 2.44. The van der Waals surface area contributed by atoms with Gasteiger partial charge >= 0.3 is 0 Å². The van der Waals surface area contributed by atoms with Gasteiger partial charge in [-0.2, -0.15) is 0 Å². The molecule has 1 aliphatic rings. The molecule has 0 saturated carbocycles. The van der Waals surface area contributed by atoms with E-state index < -0.39 is 0 Å². The van der Waals surface area contributed by atoms with Crippen molar-refractivity contribution in [2.75, 3.05) is 47.5 Å². The van der Waals surface area contributed by atoms with Crippen molar-refractivity contribution in [2.45, 2.75) is 19.5 Å². The smallest absolute Gasteiger partial charge is 0.203 e. The molecular weight excluding hydrogens is 450 g/mol. The molecule has 2 heterocycles. The lowest BCUT2D eigenvalue weighted by atomic mass is 9.93. The number of piperazine rings is 1. The average Bonchev–Trinajstić information content (AvgIpc) is 3.25. The minimum atomic E-state index is 0.0498. The second-order valence-electron chi connectivity index (χ2n) is 9.37. The first-order valence-corrected chi connectivity index (χ1v) is 12.5. The Hall–Kier alpha value is -3.48. The normalized spacial score (nSPS) is 15.7. The van der Waals surface area contributed by atoms with Crippen LogP contribution in [0.25, 0.3) is 10.9 Å². The Morgan fingerprint density at radius 3 is 2.08 bits per heavy atom. The van der Waals surface area contributed by atoms with Crippen molar-refractivity contribution in [1.29, 1.82) is 0 Å². The molecule has 6 heteroatoms. The molecule has 0 bridgehead atoms. The van der Waals surface area contributed by atoms with Crippen molar-refractivity contribution in [3.63, 3.8) is 0 Å². The van der Waals surface area contributed by atoms with Gasteiger partial charge < -0.3 is 19.2 Å². The van der Waals surface area contributed by atoms with E-state index in [-0.39, 0.29) is 6.04 Å². The third kappa shape index (κ3) is 4.66. The molecule has 1 aliphatic heterocycles. The quantitative estimate of drug-likeness (QED) is 0.362. The molecule has 1 fully saturated rings. The van der Waals surface area contributed by atoms with Gasteiger partial charge in [0.15, 0.2) is 11.5 Å². The standard InChI is InChI=1S/C30H35N3O3/c1-21-28(24-12-8-9-13-25(24)31-21)29(23-18-26(34-2)30(36-4)27(19-23)35-3)33-16-14-32(15-17-33)20-22-10-6-5-7-11-22/h5-13,18-19,29,31H,14-17,20H2,1-4H3. The summed E-state index contributed by atoms with van der Waals surface area (Å²) >= 11 is 0. The van der Waals surface area contributed by atoms with Gasteiger partial charge in [-0.1, -0.05) is 48.5 Å². The Morgan fingerprint density at radius 1 is 0.806 bits per heavy atom. The van der Waals surface area contributed by atoms with E-state index in [9.17, 15) is 0 Å². The van der Waals surface area contributed by atoms with Crippen molar-refractivity contribution in [3.05, 3.63) is 89.1 Å². The van der Waals surface area contributed by atoms with Crippen molar-refractivity contribution >= 4 is 10.9 Å². The van der Waals surface area contributed by atoms with E-state index in [2.05, 4.69) is 88.4 Å². The van der Waals surface area contributed by atoms with Crippen LogP contribution in [0.3, 0.4) is 0 Å². The molecule has 36 heavy (non-hydrogen) atoms. The van der Waals surface area contributed by atoms with E-state index in [0.717, 1.165) is 43.8 Å². The maximum Gasteiger partial charge on any atom is 0.203 e. The number of hydrogen-bond donors (Lipinski definition) is 1. The molecule has 6 nitrogen and oxygen atoms in total. The number of hydrogen-bond acceptors (Lipinski definition) is 5. The third-order valence-corrected chi connectivity index (χ3v) is 7.24. The van der Waals surface area contributed by atoms with Crippen LogP contribution in [-0.4, -0.2) is 62.3 Å². The molecule has 0 aliphatic carbocycles. The number of H-pyrrole nitrogens is 1. The Morgan fingerprint density at radius 2 is 1.44 bits per heavy atom. The van der Waals surface area contributed by atoms with Crippen LogP contribution in [0.1, 0.15) is 28.4 Å². The Kier molecular flexibility index (Phi) is 7.16. The summed E-state index contributed by atoms with van der Waals surface area (Å²) in [6, 6.07) is 23.5. The molecule has 0 spiro atoms. The molecule has 1 saturated heterocycles. The maximum absolute atomic E-state index is 5.74. The highest BCUT2D eigenvalue weighted by Gasteiger charge is 2.31. The predicted molar refractivity (Wildman–Crippen MR) is 144 cm³/mol. The van der Waals surface area contributed by atoms with Crippen LogP contribution in [0.2, 0.25) is 0 Å². The fourth-order valence-electron chi connectivity index (χ4n) is 5.49. The van der Waals surface area contributed by atoms with Gasteiger partial charge in [-0.3, -0.25) is 9.80 Å². The Balaban J connectivity index is 1.53. The number of rotatable bonds is 8. The molecule has 1 N–H and O–H groups in total. The number of aryl methyl sites for hydroxylation is 1. The minimum Gasteiger partial charge on any atom is -0.493 e. The molecule has 3 aromatic carbocycles. The summed E-state index contributed by atoms with van der Waals surface area (Å²) in [6.45, 7) is 7.11. The van der Waals surface area contributed by atoms with Gasteiger partial charge in [-0.15, -0.1) is 0 Å². The van der Waals surface area contributed by atoms with Gasteiger partial charge in [-0.05, 0) is 36.2 Å². The number of methoxy groups -OCH3 is 3. The van der Waals surface area contributed by atoms with Crippen LogP contribution < -0.4 is 14.2 Å². The van der Waals surface area contributed by atoms with Crippen LogP contribution in [-0.2, 0) is 6.54 Å².